The highest BCUT2D eigenvalue weighted by atomic mass is 16.5. The normalized spacial score (nSPS) is 19.7. The monoisotopic (exact) mass is 245 g/mol. The largest absolute Gasteiger partial charge is 0.380 e. The Balaban J connectivity index is 1.93. The fraction of sp³-hybridized carbons (Fsp3) is 0.400. The van der Waals surface area contributed by atoms with Gasteiger partial charge in [0.2, 0.25) is 5.91 Å². The van der Waals surface area contributed by atoms with Gasteiger partial charge in [0, 0.05) is 26.3 Å². The summed E-state index contributed by atoms with van der Waals surface area (Å²) in [7, 11) is 1.70. The fourth-order valence-electron chi connectivity index (χ4n) is 2.07. The fourth-order valence-corrected chi connectivity index (χ4v) is 2.07. The Labute approximate surface area is 108 Å². The second-order valence-electron chi connectivity index (χ2n) is 4.67. The third kappa shape index (κ3) is 3.20. The van der Waals surface area contributed by atoms with Crippen LogP contribution in [0.5, 0.6) is 0 Å². The Morgan fingerprint density at radius 3 is 2.72 bits per heavy atom. The average Bonchev–Trinajstić information content (AvgIpc) is 2.86. The van der Waals surface area contributed by atoms with E-state index in [2.05, 4.69) is 0 Å². The molecule has 1 aliphatic rings. The van der Waals surface area contributed by atoms with E-state index in [0.717, 1.165) is 18.5 Å². The smallest absolute Gasteiger partial charge is 0.246 e. The lowest BCUT2D eigenvalue weighted by Crippen LogP contribution is -2.28. The molecule has 3 heteroatoms. The lowest BCUT2D eigenvalue weighted by atomic mass is 10.1. The first kappa shape index (κ1) is 12.8. The Morgan fingerprint density at radius 1 is 1.39 bits per heavy atom. The number of aryl methyl sites for hydroxylation is 1. The molecular formula is C15H19NO2. The summed E-state index contributed by atoms with van der Waals surface area (Å²) in [4.78, 5) is 13.8. The zero-order valence-corrected chi connectivity index (χ0v) is 10.9. The number of hydrogen-bond acceptors (Lipinski definition) is 2. The van der Waals surface area contributed by atoms with E-state index in [0.29, 0.717) is 6.54 Å². The van der Waals surface area contributed by atoms with Crippen molar-refractivity contribution in [1.82, 2.24) is 4.90 Å². The first-order valence-electron chi connectivity index (χ1n) is 6.25. The number of nitrogens with zero attached hydrogens (tertiary/aromatic N) is 1. The van der Waals surface area contributed by atoms with Crippen LogP contribution in [0.4, 0.5) is 0 Å². The summed E-state index contributed by atoms with van der Waals surface area (Å²) in [5.41, 5.74) is 2.28. The van der Waals surface area contributed by atoms with E-state index in [1.165, 1.54) is 5.56 Å². The van der Waals surface area contributed by atoms with Crippen LogP contribution in [0.1, 0.15) is 17.5 Å². The van der Waals surface area contributed by atoms with Crippen molar-refractivity contribution in [3.63, 3.8) is 0 Å². The first-order valence-corrected chi connectivity index (χ1v) is 6.25. The molecule has 0 aliphatic carbocycles. The third-order valence-electron chi connectivity index (χ3n) is 3.29. The van der Waals surface area contributed by atoms with Crippen molar-refractivity contribution in [2.45, 2.75) is 19.4 Å². The number of carbonyl (C=O) groups excluding carboxylic acids is 1. The predicted molar refractivity (Wildman–Crippen MR) is 72.2 cm³/mol. The van der Waals surface area contributed by atoms with Crippen LogP contribution in [-0.2, 0) is 9.53 Å². The maximum atomic E-state index is 11.9. The second-order valence-corrected chi connectivity index (χ2v) is 4.67. The number of amides is 1. The second kappa shape index (κ2) is 5.83. The Hall–Kier alpha value is -1.61. The number of rotatable bonds is 3. The molecule has 0 N–H and O–H groups in total. The van der Waals surface area contributed by atoms with E-state index in [1.807, 2.05) is 42.2 Å². The van der Waals surface area contributed by atoms with Crippen LogP contribution in [0.25, 0.3) is 6.08 Å². The summed E-state index contributed by atoms with van der Waals surface area (Å²) in [6.45, 7) is 3.54. The van der Waals surface area contributed by atoms with Crippen LogP contribution in [0.15, 0.2) is 30.3 Å². The SMILES string of the molecule is COC1CCN(C(=O)/C=C/c2ccc(C)cc2)C1. The number of benzene rings is 1. The Kier molecular flexibility index (Phi) is 4.15. The van der Waals surface area contributed by atoms with E-state index < -0.39 is 0 Å². The van der Waals surface area contributed by atoms with Gasteiger partial charge in [0.15, 0.2) is 0 Å². The highest BCUT2D eigenvalue weighted by molar-refractivity contribution is 5.92. The van der Waals surface area contributed by atoms with Crippen LogP contribution in [0.2, 0.25) is 0 Å². The molecule has 0 saturated carbocycles. The van der Waals surface area contributed by atoms with Gasteiger partial charge in [-0.15, -0.1) is 0 Å². The number of methoxy groups -OCH3 is 1. The summed E-state index contributed by atoms with van der Waals surface area (Å²) < 4.78 is 5.25. The molecule has 1 aromatic rings. The van der Waals surface area contributed by atoms with Gasteiger partial charge >= 0.3 is 0 Å². The van der Waals surface area contributed by atoms with E-state index >= 15 is 0 Å². The number of hydrogen-bond donors (Lipinski definition) is 0. The van der Waals surface area contributed by atoms with Gasteiger partial charge in [-0.3, -0.25) is 4.79 Å². The zero-order chi connectivity index (χ0) is 13.0. The highest BCUT2D eigenvalue weighted by Crippen LogP contribution is 2.13. The van der Waals surface area contributed by atoms with Crippen molar-refractivity contribution in [3.05, 3.63) is 41.5 Å². The molecule has 1 unspecified atom stereocenters. The van der Waals surface area contributed by atoms with Gasteiger partial charge in [0.25, 0.3) is 0 Å². The summed E-state index contributed by atoms with van der Waals surface area (Å²) in [5, 5.41) is 0. The Bertz CT molecular complexity index is 436. The molecule has 0 aromatic heterocycles. The number of carbonyl (C=O) groups is 1. The van der Waals surface area contributed by atoms with Crippen molar-refractivity contribution < 1.29 is 9.53 Å². The van der Waals surface area contributed by atoms with Crippen molar-refractivity contribution in [2.75, 3.05) is 20.2 Å². The molecule has 3 nitrogen and oxygen atoms in total. The lowest BCUT2D eigenvalue weighted by Gasteiger charge is -2.13. The molecule has 1 heterocycles. The van der Waals surface area contributed by atoms with Crippen LogP contribution in [-0.4, -0.2) is 37.1 Å². The van der Waals surface area contributed by atoms with Crippen molar-refractivity contribution in [3.8, 4) is 0 Å². The van der Waals surface area contributed by atoms with Crippen LogP contribution < -0.4 is 0 Å². The molecule has 1 atom stereocenters. The van der Waals surface area contributed by atoms with Crippen LogP contribution in [0, 0.1) is 6.92 Å². The molecule has 1 fully saturated rings. The minimum Gasteiger partial charge on any atom is -0.380 e. The van der Waals surface area contributed by atoms with Crippen molar-refractivity contribution in [2.24, 2.45) is 0 Å². The van der Waals surface area contributed by atoms with Gasteiger partial charge in [0.1, 0.15) is 0 Å². The molecule has 0 spiro atoms. The minimum atomic E-state index is 0.0649. The number of likely N-dealkylation sites (tertiary alicyclic amines) is 1. The van der Waals surface area contributed by atoms with Gasteiger partial charge in [-0.25, -0.2) is 0 Å². The quantitative estimate of drug-likeness (QED) is 0.764. The molecule has 96 valence electrons. The van der Waals surface area contributed by atoms with Crippen LogP contribution in [0.3, 0.4) is 0 Å². The van der Waals surface area contributed by atoms with Gasteiger partial charge < -0.3 is 9.64 Å². The first-order chi connectivity index (χ1) is 8.69. The molecule has 0 bridgehead atoms. The molecule has 18 heavy (non-hydrogen) atoms. The van der Waals surface area contributed by atoms with Gasteiger partial charge in [0.05, 0.1) is 6.10 Å². The molecule has 1 amide bonds. The van der Waals surface area contributed by atoms with Crippen molar-refractivity contribution >= 4 is 12.0 Å². The standard InChI is InChI=1S/C15H19NO2/c1-12-3-5-13(6-4-12)7-8-15(17)16-10-9-14(11-16)18-2/h3-8,14H,9-11H2,1-2H3/b8-7+. The lowest BCUT2D eigenvalue weighted by molar-refractivity contribution is -0.125. The molecular weight excluding hydrogens is 226 g/mol. The maximum Gasteiger partial charge on any atom is 0.246 e. The van der Waals surface area contributed by atoms with Gasteiger partial charge in [-0.1, -0.05) is 29.8 Å². The molecule has 1 aromatic carbocycles. The maximum absolute atomic E-state index is 11.9. The van der Waals surface area contributed by atoms with E-state index in [-0.39, 0.29) is 12.0 Å². The van der Waals surface area contributed by atoms with Crippen molar-refractivity contribution in [1.29, 1.82) is 0 Å². The molecule has 1 saturated heterocycles. The summed E-state index contributed by atoms with van der Waals surface area (Å²) in [6.07, 6.45) is 4.63. The topological polar surface area (TPSA) is 29.5 Å². The highest BCUT2D eigenvalue weighted by Gasteiger charge is 2.24. The van der Waals surface area contributed by atoms with Gasteiger partial charge in [-0.2, -0.15) is 0 Å². The predicted octanol–water partition coefficient (Wildman–Crippen LogP) is 2.26. The summed E-state index contributed by atoms with van der Waals surface area (Å²) in [5.74, 6) is 0.0649. The molecule has 2 rings (SSSR count). The van der Waals surface area contributed by atoms with Gasteiger partial charge in [-0.05, 0) is 25.0 Å². The average molecular weight is 245 g/mol. The molecule has 0 radical (unpaired) electrons. The van der Waals surface area contributed by atoms with Crippen LogP contribution >= 0.6 is 0 Å². The summed E-state index contributed by atoms with van der Waals surface area (Å²) in [6, 6.07) is 8.12. The molecule has 1 aliphatic heterocycles. The van der Waals surface area contributed by atoms with E-state index in [4.69, 9.17) is 4.74 Å². The van der Waals surface area contributed by atoms with E-state index in [9.17, 15) is 4.79 Å². The minimum absolute atomic E-state index is 0.0649. The van der Waals surface area contributed by atoms with E-state index in [1.54, 1.807) is 13.2 Å². The summed E-state index contributed by atoms with van der Waals surface area (Å²) >= 11 is 0. The Morgan fingerprint density at radius 2 is 2.11 bits per heavy atom. The third-order valence-corrected chi connectivity index (χ3v) is 3.29. The number of ether oxygens (including phenoxy) is 1. The zero-order valence-electron chi connectivity index (χ0n) is 10.9.